The summed E-state index contributed by atoms with van der Waals surface area (Å²) in [7, 11) is 0. The monoisotopic (exact) mass is 378 g/mol. The van der Waals surface area contributed by atoms with Crippen molar-refractivity contribution >= 4 is 35.0 Å². The summed E-state index contributed by atoms with van der Waals surface area (Å²) in [6.45, 7) is 6.02. The van der Waals surface area contributed by atoms with Gasteiger partial charge < -0.3 is 20.1 Å². The van der Waals surface area contributed by atoms with E-state index in [-0.39, 0.29) is 18.5 Å². The van der Waals surface area contributed by atoms with Crippen LogP contribution < -0.4 is 10.6 Å². The second-order valence-corrected chi connectivity index (χ2v) is 6.45. The van der Waals surface area contributed by atoms with Gasteiger partial charge in [0, 0.05) is 23.3 Å². The molecule has 2 aromatic rings. The van der Waals surface area contributed by atoms with Crippen LogP contribution in [0.1, 0.15) is 31.1 Å². The Morgan fingerprint density at radius 3 is 2.62 bits per heavy atom. The number of carbonyl (C=O) groups excluding carboxylic acids is 2. The highest BCUT2D eigenvalue weighted by Gasteiger charge is 2.18. The molecule has 0 bridgehead atoms. The molecule has 2 rings (SSSR count). The number of benzene rings is 1. The summed E-state index contributed by atoms with van der Waals surface area (Å²) in [6, 6.07) is 6.54. The molecule has 0 atom stereocenters. The molecule has 0 radical (unpaired) electrons. The van der Waals surface area contributed by atoms with Crippen molar-refractivity contribution in [1.82, 2.24) is 10.1 Å². The van der Waals surface area contributed by atoms with E-state index in [4.69, 9.17) is 16.1 Å². The summed E-state index contributed by atoms with van der Waals surface area (Å²) in [5.41, 5.74) is 1.51. The number of aromatic nitrogens is 1. The number of carbonyl (C=O) groups is 2. The van der Waals surface area contributed by atoms with Gasteiger partial charge in [0.15, 0.2) is 5.82 Å². The molecule has 0 unspecified atom stereocenters. The summed E-state index contributed by atoms with van der Waals surface area (Å²) in [5.74, 6) is 0.581. The van der Waals surface area contributed by atoms with Crippen LogP contribution in [0.25, 0.3) is 0 Å². The largest absolute Gasteiger partial charge is 0.360 e. The molecule has 0 aliphatic carbocycles. The molecule has 3 amide bonds. The van der Waals surface area contributed by atoms with Crippen molar-refractivity contribution in [2.75, 3.05) is 23.7 Å². The van der Waals surface area contributed by atoms with Gasteiger partial charge in [-0.25, -0.2) is 4.79 Å². The molecule has 2 N–H and O–H groups in total. The van der Waals surface area contributed by atoms with Crippen molar-refractivity contribution in [1.29, 1.82) is 0 Å². The van der Waals surface area contributed by atoms with Crippen molar-refractivity contribution in [2.45, 2.75) is 33.6 Å². The van der Waals surface area contributed by atoms with Gasteiger partial charge in [0.25, 0.3) is 0 Å². The number of rotatable bonds is 7. The first-order chi connectivity index (χ1) is 12.4. The van der Waals surface area contributed by atoms with Gasteiger partial charge in [0.05, 0.1) is 0 Å². The van der Waals surface area contributed by atoms with E-state index >= 15 is 0 Å². The lowest BCUT2D eigenvalue weighted by atomic mass is 10.2. The molecule has 0 saturated heterocycles. The zero-order valence-electron chi connectivity index (χ0n) is 15.1. The van der Waals surface area contributed by atoms with Crippen LogP contribution in [0.2, 0.25) is 5.02 Å². The minimum atomic E-state index is -0.357. The molecule has 7 nitrogen and oxygen atoms in total. The van der Waals surface area contributed by atoms with E-state index < -0.39 is 0 Å². The van der Waals surface area contributed by atoms with Crippen LogP contribution in [0, 0.1) is 13.8 Å². The summed E-state index contributed by atoms with van der Waals surface area (Å²) >= 11 is 6.09. The number of anilines is 2. The zero-order chi connectivity index (χ0) is 19.1. The Morgan fingerprint density at radius 2 is 2.00 bits per heavy atom. The molecule has 26 heavy (non-hydrogen) atoms. The Bertz CT molecular complexity index is 776. The second-order valence-electron chi connectivity index (χ2n) is 6.04. The minimum Gasteiger partial charge on any atom is -0.360 e. The van der Waals surface area contributed by atoms with Gasteiger partial charge in [0.2, 0.25) is 5.91 Å². The molecule has 0 aliphatic rings. The molecule has 0 fully saturated rings. The second kappa shape index (κ2) is 9.24. The maximum absolute atomic E-state index is 12.6. The van der Waals surface area contributed by atoms with Gasteiger partial charge >= 0.3 is 6.03 Å². The lowest BCUT2D eigenvalue weighted by Crippen LogP contribution is -2.41. The summed E-state index contributed by atoms with van der Waals surface area (Å²) in [6.07, 6.45) is 1.70. The lowest BCUT2D eigenvalue weighted by molar-refractivity contribution is -0.116. The smallest absolute Gasteiger partial charge is 0.322 e. The number of nitrogens with zero attached hydrogens (tertiary/aromatic N) is 2. The SMILES string of the molecule is CCCCN(CC(=O)Nc1cc(C)on1)C(=O)Nc1ccc(C)c(Cl)c1. The fourth-order valence-corrected chi connectivity index (χ4v) is 2.44. The predicted molar refractivity (Wildman–Crippen MR) is 102 cm³/mol. The molecule has 0 spiro atoms. The van der Waals surface area contributed by atoms with Crippen LogP contribution in [0.3, 0.4) is 0 Å². The van der Waals surface area contributed by atoms with Crippen molar-refractivity contribution < 1.29 is 14.1 Å². The van der Waals surface area contributed by atoms with Crippen LogP contribution in [-0.2, 0) is 4.79 Å². The van der Waals surface area contributed by atoms with E-state index in [1.807, 2.05) is 19.9 Å². The van der Waals surface area contributed by atoms with E-state index in [9.17, 15) is 9.59 Å². The van der Waals surface area contributed by atoms with Crippen LogP contribution in [0.4, 0.5) is 16.3 Å². The Labute approximate surface area is 157 Å². The average molecular weight is 379 g/mol. The maximum Gasteiger partial charge on any atom is 0.322 e. The van der Waals surface area contributed by atoms with E-state index in [1.54, 1.807) is 25.1 Å². The fourth-order valence-electron chi connectivity index (χ4n) is 2.26. The van der Waals surface area contributed by atoms with Crippen LogP contribution in [-0.4, -0.2) is 35.1 Å². The van der Waals surface area contributed by atoms with Crippen molar-refractivity contribution in [3.05, 3.63) is 40.6 Å². The van der Waals surface area contributed by atoms with Crippen LogP contribution >= 0.6 is 11.6 Å². The van der Waals surface area contributed by atoms with Crippen LogP contribution in [0.15, 0.2) is 28.8 Å². The van der Waals surface area contributed by atoms with Crippen molar-refractivity contribution in [3.63, 3.8) is 0 Å². The number of hydrogen-bond donors (Lipinski definition) is 2. The Morgan fingerprint density at radius 1 is 1.23 bits per heavy atom. The Balaban J connectivity index is 2.01. The first-order valence-electron chi connectivity index (χ1n) is 8.44. The Hall–Kier alpha value is -2.54. The highest BCUT2D eigenvalue weighted by molar-refractivity contribution is 6.31. The molecular weight excluding hydrogens is 356 g/mol. The van der Waals surface area contributed by atoms with Gasteiger partial charge in [-0.3, -0.25) is 4.79 Å². The highest BCUT2D eigenvalue weighted by Crippen LogP contribution is 2.20. The number of urea groups is 1. The first kappa shape index (κ1) is 19.8. The van der Waals surface area contributed by atoms with E-state index in [2.05, 4.69) is 15.8 Å². The number of hydrogen-bond acceptors (Lipinski definition) is 4. The van der Waals surface area contributed by atoms with E-state index in [1.165, 1.54) is 4.90 Å². The number of halogens is 1. The van der Waals surface area contributed by atoms with Gasteiger partial charge in [-0.15, -0.1) is 0 Å². The van der Waals surface area contributed by atoms with E-state index in [0.717, 1.165) is 18.4 Å². The van der Waals surface area contributed by atoms with Gasteiger partial charge in [-0.05, 0) is 38.0 Å². The van der Waals surface area contributed by atoms with E-state index in [0.29, 0.717) is 28.8 Å². The standard InChI is InChI=1S/C18H23ClN4O3/c1-4-5-8-23(11-17(24)21-16-9-13(3)26-22-16)18(25)20-14-7-6-12(2)15(19)10-14/h6-7,9-10H,4-5,8,11H2,1-3H3,(H,20,25)(H,21,22,24). The molecule has 140 valence electrons. The fraction of sp³-hybridized carbons (Fsp3) is 0.389. The summed E-state index contributed by atoms with van der Waals surface area (Å²) < 4.78 is 4.91. The van der Waals surface area contributed by atoms with Gasteiger partial charge in [-0.1, -0.05) is 36.2 Å². The minimum absolute atomic E-state index is 0.0860. The highest BCUT2D eigenvalue weighted by atomic mass is 35.5. The number of nitrogens with one attached hydrogen (secondary N) is 2. The normalized spacial score (nSPS) is 10.5. The zero-order valence-corrected chi connectivity index (χ0v) is 15.9. The summed E-state index contributed by atoms with van der Waals surface area (Å²) in [4.78, 5) is 26.2. The molecule has 1 heterocycles. The third-order valence-corrected chi connectivity index (χ3v) is 4.13. The maximum atomic E-state index is 12.6. The first-order valence-corrected chi connectivity index (χ1v) is 8.82. The molecular formula is C18H23ClN4O3. The topological polar surface area (TPSA) is 87.5 Å². The van der Waals surface area contributed by atoms with Gasteiger partial charge in [-0.2, -0.15) is 0 Å². The number of aryl methyl sites for hydroxylation is 2. The van der Waals surface area contributed by atoms with Crippen molar-refractivity contribution in [3.8, 4) is 0 Å². The molecule has 8 heteroatoms. The molecule has 0 saturated carbocycles. The molecule has 1 aromatic heterocycles. The van der Waals surface area contributed by atoms with Crippen molar-refractivity contribution in [2.24, 2.45) is 0 Å². The predicted octanol–water partition coefficient (Wildman–Crippen LogP) is 4.22. The average Bonchev–Trinajstić information content (AvgIpc) is 2.99. The lowest BCUT2D eigenvalue weighted by Gasteiger charge is -2.22. The number of amides is 3. The third kappa shape index (κ3) is 5.77. The van der Waals surface area contributed by atoms with Crippen LogP contribution in [0.5, 0.6) is 0 Å². The molecule has 0 aliphatic heterocycles. The summed E-state index contributed by atoms with van der Waals surface area (Å²) in [5, 5.41) is 9.69. The Kier molecular flexibility index (Phi) is 7.03. The number of unbranched alkanes of at least 4 members (excludes halogenated alkanes) is 1. The quantitative estimate of drug-likeness (QED) is 0.755. The molecule has 1 aromatic carbocycles. The van der Waals surface area contributed by atoms with Gasteiger partial charge in [0.1, 0.15) is 12.3 Å². The third-order valence-electron chi connectivity index (χ3n) is 3.72.